The fourth-order valence-electron chi connectivity index (χ4n) is 2.05. The van der Waals surface area contributed by atoms with Gasteiger partial charge in [0.05, 0.1) is 0 Å². The van der Waals surface area contributed by atoms with Crippen LogP contribution in [0.25, 0.3) is 0 Å². The second-order valence-electron chi connectivity index (χ2n) is 5.37. The van der Waals surface area contributed by atoms with Crippen LogP contribution < -0.4 is 10.1 Å². The maximum Gasteiger partial charge on any atom is 0.119 e. The van der Waals surface area contributed by atoms with Crippen LogP contribution in [0.5, 0.6) is 5.75 Å². The zero-order valence-electron chi connectivity index (χ0n) is 12.8. The number of anilines is 1. The molecule has 110 valence electrons. The van der Waals surface area contributed by atoms with Crippen LogP contribution in [0.1, 0.15) is 30.9 Å². The average Bonchev–Trinajstić information content (AvgIpc) is 2.52. The van der Waals surface area contributed by atoms with Gasteiger partial charge in [0, 0.05) is 12.2 Å². The van der Waals surface area contributed by atoms with E-state index in [1.165, 1.54) is 11.1 Å². The van der Waals surface area contributed by atoms with Crippen LogP contribution >= 0.6 is 0 Å². The number of benzene rings is 2. The summed E-state index contributed by atoms with van der Waals surface area (Å²) in [6, 6.07) is 16.8. The van der Waals surface area contributed by atoms with E-state index >= 15 is 0 Å². The Hall–Kier alpha value is -2.22. The second kappa shape index (κ2) is 7.53. The van der Waals surface area contributed by atoms with Gasteiger partial charge < -0.3 is 10.1 Å². The molecule has 2 heteroatoms. The summed E-state index contributed by atoms with van der Waals surface area (Å²) < 4.78 is 5.47. The van der Waals surface area contributed by atoms with Crippen LogP contribution in [-0.4, -0.2) is 6.61 Å². The molecule has 0 aromatic heterocycles. The molecule has 0 unspecified atom stereocenters. The van der Waals surface area contributed by atoms with Crippen LogP contribution in [0.3, 0.4) is 0 Å². The van der Waals surface area contributed by atoms with Gasteiger partial charge in [0.1, 0.15) is 12.4 Å². The van der Waals surface area contributed by atoms with Gasteiger partial charge >= 0.3 is 0 Å². The predicted molar refractivity (Wildman–Crippen MR) is 90.0 cm³/mol. The fraction of sp³-hybridized carbons (Fsp3) is 0.263. The molecule has 0 heterocycles. The van der Waals surface area contributed by atoms with Crippen molar-refractivity contribution in [1.82, 2.24) is 0 Å². The zero-order valence-corrected chi connectivity index (χ0v) is 12.8. The van der Waals surface area contributed by atoms with Crippen molar-refractivity contribution < 1.29 is 4.74 Å². The number of ether oxygens (including phenoxy) is 1. The number of hydrogen-bond donors (Lipinski definition) is 1. The third kappa shape index (κ3) is 4.67. The highest BCUT2D eigenvalue weighted by Gasteiger charge is 1.99. The number of nitrogens with one attached hydrogen (secondary N) is 1. The Morgan fingerprint density at radius 3 is 2.29 bits per heavy atom. The minimum atomic E-state index is 0.541. The van der Waals surface area contributed by atoms with Gasteiger partial charge in [-0.25, -0.2) is 0 Å². The van der Waals surface area contributed by atoms with Crippen molar-refractivity contribution >= 4 is 5.69 Å². The van der Waals surface area contributed by atoms with Crippen molar-refractivity contribution in [3.8, 4) is 5.75 Å². The molecule has 0 radical (unpaired) electrons. The standard InChI is InChI=1S/C19H23NO/c1-4-13-21-19-11-5-16(6-12-19)14-20-18-9-7-17(8-10-18)15(2)3/h4-12,15,20H,1,13-14H2,2-3H3. The first kappa shape index (κ1) is 15.2. The molecule has 0 saturated heterocycles. The van der Waals surface area contributed by atoms with Gasteiger partial charge in [0.2, 0.25) is 0 Å². The average molecular weight is 281 g/mol. The summed E-state index contributed by atoms with van der Waals surface area (Å²) in [5, 5.41) is 3.43. The second-order valence-corrected chi connectivity index (χ2v) is 5.37. The molecule has 0 aliphatic rings. The highest BCUT2D eigenvalue weighted by molar-refractivity contribution is 5.45. The third-order valence-electron chi connectivity index (χ3n) is 3.37. The van der Waals surface area contributed by atoms with Gasteiger partial charge in [-0.15, -0.1) is 0 Å². The minimum Gasteiger partial charge on any atom is -0.490 e. The van der Waals surface area contributed by atoms with E-state index in [2.05, 4.69) is 62.1 Å². The molecule has 2 rings (SSSR count). The van der Waals surface area contributed by atoms with Gasteiger partial charge in [-0.05, 0) is 41.3 Å². The van der Waals surface area contributed by atoms with E-state index < -0.39 is 0 Å². The Labute approximate surface area is 127 Å². The monoisotopic (exact) mass is 281 g/mol. The van der Waals surface area contributed by atoms with Crippen molar-refractivity contribution in [2.75, 3.05) is 11.9 Å². The molecule has 2 aromatic carbocycles. The Morgan fingerprint density at radius 2 is 1.71 bits per heavy atom. The Balaban J connectivity index is 1.88. The lowest BCUT2D eigenvalue weighted by molar-refractivity contribution is 0.363. The quantitative estimate of drug-likeness (QED) is 0.722. The van der Waals surface area contributed by atoms with E-state index in [1.807, 2.05) is 12.1 Å². The van der Waals surface area contributed by atoms with Gasteiger partial charge in [0.15, 0.2) is 0 Å². The van der Waals surface area contributed by atoms with E-state index in [0.717, 1.165) is 18.0 Å². The first-order valence-electron chi connectivity index (χ1n) is 7.35. The lowest BCUT2D eigenvalue weighted by Gasteiger charge is -2.10. The van der Waals surface area contributed by atoms with Gasteiger partial charge in [0.25, 0.3) is 0 Å². The van der Waals surface area contributed by atoms with Crippen molar-refractivity contribution in [3.63, 3.8) is 0 Å². The van der Waals surface area contributed by atoms with Crippen LogP contribution in [0.2, 0.25) is 0 Å². The van der Waals surface area contributed by atoms with E-state index in [0.29, 0.717) is 12.5 Å². The molecule has 21 heavy (non-hydrogen) atoms. The van der Waals surface area contributed by atoms with Gasteiger partial charge in [-0.2, -0.15) is 0 Å². The van der Waals surface area contributed by atoms with Crippen molar-refractivity contribution in [1.29, 1.82) is 0 Å². The summed E-state index contributed by atoms with van der Waals surface area (Å²) in [5.41, 5.74) is 3.74. The van der Waals surface area contributed by atoms with E-state index in [4.69, 9.17) is 4.74 Å². The van der Waals surface area contributed by atoms with E-state index in [1.54, 1.807) is 6.08 Å². The first-order valence-corrected chi connectivity index (χ1v) is 7.35. The van der Waals surface area contributed by atoms with E-state index in [9.17, 15) is 0 Å². The van der Waals surface area contributed by atoms with Crippen molar-refractivity contribution in [2.45, 2.75) is 26.3 Å². The summed E-state index contributed by atoms with van der Waals surface area (Å²) in [5.74, 6) is 1.45. The molecule has 0 saturated carbocycles. The molecule has 0 aliphatic carbocycles. The highest BCUT2D eigenvalue weighted by Crippen LogP contribution is 2.18. The Bertz CT molecular complexity index is 555. The smallest absolute Gasteiger partial charge is 0.119 e. The molecule has 0 fully saturated rings. The molecule has 2 aromatic rings. The molecule has 0 atom stereocenters. The largest absolute Gasteiger partial charge is 0.490 e. The normalized spacial score (nSPS) is 10.4. The molecule has 2 nitrogen and oxygen atoms in total. The zero-order chi connectivity index (χ0) is 15.1. The maximum atomic E-state index is 5.47. The molecular formula is C19H23NO. The third-order valence-corrected chi connectivity index (χ3v) is 3.37. The van der Waals surface area contributed by atoms with Crippen LogP contribution in [0.15, 0.2) is 61.2 Å². The summed E-state index contributed by atoms with van der Waals surface area (Å²) in [7, 11) is 0. The lowest BCUT2D eigenvalue weighted by atomic mass is 10.0. The summed E-state index contributed by atoms with van der Waals surface area (Å²) in [6.07, 6.45) is 1.75. The highest BCUT2D eigenvalue weighted by atomic mass is 16.5. The fourth-order valence-corrected chi connectivity index (χ4v) is 2.05. The maximum absolute atomic E-state index is 5.47. The number of hydrogen-bond acceptors (Lipinski definition) is 2. The molecule has 0 aliphatic heterocycles. The molecule has 0 bridgehead atoms. The molecule has 0 amide bonds. The van der Waals surface area contributed by atoms with Gasteiger partial charge in [-0.1, -0.05) is 50.8 Å². The van der Waals surface area contributed by atoms with Crippen LogP contribution in [0, 0.1) is 0 Å². The minimum absolute atomic E-state index is 0.541. The predicted octanol–water partition coefficient (Wildman–Crippen LogP) is 4.99. The first-order chi connectivity index (χ1) is 10.2. The summed E-state index contributed by atoms with van der Waals surface area (Å²) in [4.78, 5) is 0. The molecule has 1 N–H and O–H groups in total. The summed E-state index contributed by atoms with van der Waals surface area (Å²) >= 11 is 0. The Kier molecular flexibility index (Phi) is 5.44. The molecule has 0 spiro atoms. The van der Waals surface area contributed by atoms with Crippen LogP contribution in [0.4, 0.5) is 5.69 Å². The van der Waals surface area contributed by atoms with E-state index in [-0.39, 0.29) is 0 Å². The molecular weight excluding hydrogens is 258 g/mol. The van der Waals surface area contributed by atoms with Gasteiger partial charge in [-0.3, -0.25) is 0 Å². The van der Waals surface area contributed by atoms with Crippen LogP contribution in [-0.2, 0) is 6.54 Å². The Morgan fingerprint density at radius 1 is 1.05 bits per heavy atom. The topological polar surface area (TPSA) is 21.3 Å². The SMILES string of the molecule is C=CCOc1ccc(CNc2ccc(C(C)C)cc2)cc1. The lowest BCUT2D eigenvalue weighted by Crippen LogP contribution is -2.00. The van der Waals surface area contributed by atoms with Crippen molar-refractivity contribution in [3.05, 3.63) is 72.3 Å². The van der Waals surface area contributed by atoms with Crippen molar-refractivity contribution in [2.24, 2.45) is 0 Å². The number of rotatable bonds is 7. The summed E-state index contributed by atoms with van der Waals surface area (Å²) in [6.45, 7) is 9.40.